The maximum absolute atomic E-state index is 12.4. The molecule has 0 saturated heterocycles. The number of hydrogen-bond donors (Lipinski definition) is 1. The highest BCUT2D eigenvalue weighted by atomic mass is 16.6. The molecule has 2 heterocycles. The van der Waals surface area contributed by atoms with E-state index in [9.17, 15) is 4.79 Å². The molecule has 0 spiro atoms. The monoisotopic (exact) mass is 489 g/mol. The van der Waals surface area contributed by atoms with Crippen LogP contribution in [0, 0.1) is 0 Å². The van der Waals surface area contributed by atoms with Gasteiger partial charge >= 0.3 is 6.09 Å². The number of para-hydroxylation sites is 1. The summed E-state index contributed by atoms with van der Waals surface area (Å²) in [4.78, 5) is 23.7. The summed E-state index contributed by atoms with van der Waals surface area (Å²) in [5, 5.41) is 3.75. The van der Waals surface area contributed by atoms with Crippen LogP contribution >= 0.6 is 0 Å². The molecule has 8 heteroatoms. The fourth-order valence-electron chi connectivity index (χ4n) is 4.04. The van der Waals surface area contributed by atoms with E-state index in [2.05, 4.69) is 49.0 Å². The van der Waals surface area contributed by atoms with Crippen LogP contribution in [-0.2, 0) is 22.4 Å². The molecule has 4 aromatic rings. The van der Waals surface area contributed by atoms with Gasteiger partial charge in [0.25, 0.3) is 0 Å². The molecule has 0 aliphatic rings. The summed E-state index contributed by atoms with van der Waals surface area (Å²) in [6, 6.07) is 16.5. The molecule has 36 heavy (non-hydrogen) atoms. The Balaban J connectivity index is 1.40. The molecule has 2 aromatic carbocycles. The first kappa shape index (κ1) is 25.4. The molecule has 8 nitrogen and oxygen atoms in total. The Morgan fingerprint density at radius 2 is 1.81 bits per heavy atom. The number of ether oxygens (including phenoxy) is 2. The van der Waals surface area contributed by atoms with Gasteiger partial charge in [0.15, 0.2) is 5.82 Å². The number of aromatic nitrogens is 3. The lowest BCUT2D eigenvalue weighted by Crippen LogP contribution is -2.27. The minimum atomic E-state index is -0.605. The highest BCUT2D eigenvalue weighted by Gasteiger charge is 2.20. The average Bonchev–Trinajstić information content (AvgIpc) is 3.25. The average molecular weight is 490 g/mol. The van der Waals surface area contributed by atoms with Crippen LogP contribution in [0.3, 0.4) is 0 Å². The summed E-state index contributed by atoms with van der Waals surface area (Å²) in [6.07, 6.45) is 3.16. The summed E-state index contributed by atoms with van der Waals surface area (Å²) >= 11 is 0. The number of fused-ring (bicyclic) bond motifs is 3. The van der Waals surface area contributed by atoms with Crippen molar-refractivity contribution in [2.24, 2.45) is 0 Å². The summed E-state index contributed by atoms with van der Waals surface area (Å²) in [5.41, 5.74) is 4.23. The maximum atomic E-state index is 12.4. The Hall–Kier alpha value is -3.65. The van der Waals surface area contributed by atoms with E-state index in [1.54, 1.807) is 6.33 Å². The molecule has 1 amide bonds. The molecule has 4 rings (SSSR count). The second-order valence-corrected chi connectivity index (χ2v) is 10.0. The fourth-order valence-corrected chi connectivity index (χ4v) is 4.04. The maximum Gasteiger partial charge on any atom is 0.413 e. The van der Waals surface area contributed by atoms with Crippen molar-refractivity contribution in [1.29, 1.82) is 0 Å². The van der Waals surface area contributed by atoms with Crippen molar-refractivity contribution in [3.63, 3.8) is 0 Å². The highest BCUT2D eigenvalue weighted by Crippen LogP contribution is 2.29. The Kier molecular flexibility index (Phi) is 7.74. The lowest BCUT2D eigenvalue weighted by atomic mass is 10.1. The van der Waals surface area contributed by atoms with E-state index in [-0.39, 0.29) is 0 Å². The van der Waals surface area contributed by atoms with Crippen molar-refractivity contribution in [2.45, 2.75) is 45.8 Å². The van der Waals surface area contributed by atoms with Crippen molar-refractivity contribution >= 4 is 39.5 Å². The summed E-state index contributed by atoms with van der Waals surface area (Å²) in [7, 11) is 4.09. The van der Waals surface area contributed by atoms with Gasteiger partial charge in [-0.15, -0.1) is 0 Å². The highest BCUT2D eigenvalue weighted by molar-refractivity contribution is 6.08. The van der Waals surface area contributed by atoms with Gasteiger partial charge in [-0.2, -0.15) is 0 Å². The van der Waals surface area contributed by atoms with Crippen LogP contribution in [0.25, 0.3) is 21.9 Å². The predicted molar refractivity (Wildman–Crippen MR) is 145 cm³/mol. The van der Waals surface area contributed by atoms with E-state index < -0.39 is 11.7 Å². The van der Waals surface area contributed by atoms with E-state index in [0.29, 0.717) is 31.1 Å². The standard InChI is InChI=1S/C28H35N5O3/c1-28(2,3)36-27(34)31-26-24-25(22-10-6-7-11-23(22)30-26)33(19-29-24)16-18-35-17-8-9-20-12-14-21(15-13-20)32(4)5/h6-7,10-15,19H,8-9,16-18H2,1-5H3,(H,30,31,34). The second kappa shape index (κ2) is 11.0. The topological polar surface area (TPSA) is 81.5 Å². The first-order valence-corrected chi connectivity index (χ1v) is 12.3. The Labute approximate surface area is 212 Å². The summed E-state index contributed by atoms with van der Waals surface area (Å²) in [6.45, 7) is 7.38. The quantitative estimate of drug-likeness (QED) is 0.306. The van der Waals surface area contributed by atoms with Crippen LogP contribution in [0.5, 0.6) is 0 Å². The lowest BCUT2D eigenvalue weighted by molar-refractivity contribution is 0.0635. The van der Waals surface area contributed by atoms with E-state index >= 15 is 0 Å². The third-order valence-electron chi connectivity index (χ3n) is 5.76. The third-order valence-corrected chi connectivity index (χ3v) is 5.76. The number of hydrogen-bond acceptors (Lipinski definition) is 6. The van der Waals surface area contributed by atoms with E-state index in [4.69, 9.17) is 9.47 Å². The van der Waals surface area contributed by atoms with Crippen molar-refractivity contribution in [3.05, 3.63) is 60.4 Å². The molecule has 1 N–H and O–H groups in total. The van der Waals surface area contributed by atoms with E-state index in [1.807, 2.05) is 59.1 Å². The second-order valence-electron chi connectivity index (χ2n) is 10.0. The van der Waals surface area contributed by atoms with Crippen molar-refractivity contribution in [2.75, 3.05) is 37.5 Å². The zero-order chi connectivity index (χ0) is 25.7. The molecule has 0 bridgehead atoms. The molecule has 0 fully saturated rings. The minimum absolute atomic E-state index is 0.387. The Bertz CT molecular complexity index is 1320. The molecule has 190 valence electrons. The zero-order valence-corrected chi connectivity index (χ0v) is 21.7. The molecule has 0 saturated carbocycles. The predicted octanol–water partition coefficient (Wildman–Crippen LogP) is 5.65. The smallest absolute Gasteiger partial charge is 0.413 e. The molecular formula is C28H35N5O3. The number of imidazole rings is 1. The minimum Gasteiger partial charge on any atom is -0.444 e. The number of nitrogens with zero attached hydrogens (tertiary/aromatic N) is 4. The number of benzene rings is 2. The van der Waals surface area contributed by atoms with E-state index in [1.165, 1.54) is 11.3 Å². The molecule has 2 aromatic heterocycles. The Morgan fingerprint density at radius 3 is 2.53 bits per heavy atom. The van der Waals surface area contributed by atoms with Crippen molar-refractivity contribution in [1.82, 2.24) is 14.5 Å². The fraction of sp³-hybridized carbons (Fsp3) is 0.393. The number of carbonyl (C=O) groups excluding carboxylic acids is 1. The van der Waals surface area contributed by atoms with Gasteiger partial charge in [-0.1, -0.05) is 30.3 Å². The van der Waals surface area contributed by atoms with Gasteiger partial charge in [0, 0.05) is 38.3 Å². The summed E-state index contributed by atoms with van der Waals surface area (Å²) in [5.74, 6) is 0.387. The van der Waals surface area contributed by atoms with Gasteiger partial charge in [-0.05, 0) is 57.4 Å². The normalized spacial score (nSPS) is 11.7. The van der Waals surface area contributed by atoms with Crippen LogP contribution in [0.15, 0.2) is 54.9 Å². The first-order chi connectivity index (χ1) is 17.2. The lowest BCUT2D eigenvalue weighted by Gasteiger charge is -2.19. The largest absolute Gasteiger partial charge is 0.444 e. The molecule has 0 unspecified atom stereocenters. The molecular weight excluding hydrogens is 454 g/mol. The van der Waals surface area contributed by atoms with Gasteiger partial charge in [-0.3, -0.25) is 5.32 Å². The number of amides is 1. The number of anilines is 2. The molecule has 0 atom stereocenters. The van der Waals surface area contributed by atoms with Crippen LogP contribution in [0.4, 0.5) is 16.3 Å². The van der Waals surface area contributed by atoms with Crippen LogP contribution < -0.4 is 10.2 Å². The van der Waals surface area contributed by atoms with Gasteiger partial charge in [0.2, 0.25) is 0 Å². The summed E-state index contributed by atoms with van der Waals surface area (Å²) < 4.78 is 13.4. The number of nitrogens with one attached hydrogen (secondary N) is 1. The number of rotatable bonds is 9. The Morgan fingerprint density at radius 1 is 1.06 bits per heavy atom. The van der Waals surface area contributed by atoms with Crippen LogP contribution in [-0.4, -0.2) is 53.5 Å². The molecule has 0 radical (unpaired) electrons. The number of carbonyl (C=O) groups is 1. The number of aryl methyl sites for hydroxylation is 1. The number of pyridine rings is 1. The van der Waals surface area contributed by atoms with Gasteiger partial charge in [0.05, 0.1) is 24.0 Å². The molecule has 0 aliphatic carbocycles. The van der Waals surface area contributed by atoms with Gasteiger partial charge in [-0.25, -0.2) is 14.8 Å². The first-order valence-electron chi connectivity index (χ1n) is 12.3. The van der Waals surface area contributed by atoms with E-state index in [0.717, 1.165) is 29.3 Å². The van der Waals surface area contributed by atoms with Crippen molar-refractivity contribution in [3.8, 4) is 0 Å². The zero-order valence-electron chi connectivity index (χ0n) is 21.7. The van der Waals surface area contributed by atoms with Crippen LogP contribution in [0.2, 0.25) is 0 Å². The van der Waals surface area contributed by atoms with Gasteiger partial charge in [0.1, 0.15) is 11.1 Å². The molecule has 0 aliphatic heterocycles. The van der Waals surface area contributed by atoms with Crippen LogP contribution in [0.1, 0.15) is 32.8 Å². The SMILES string of the molecule is CN(C)c1ccc(CCCOCCn2cnc3c(NC(=O)OC(C)(C)C)nc4ccccc4c32)cc1. The van der Waals surface area contributed by atoms with Gasteiger partial charge < -0.3 is 18.9 Å². The third kappa shape index (κ3) is 6.31. The van der Waals surface area contributed by atoms with Crippen molar-refractivity contribution < 1.29 is 14.3 Å².